The van der Waals surface area contributed by atoms with Crippen LogP contribution in [0.4, 0.5) is 11.5 Å². The van der Waals surface area contributed by atoms with E-state index < -0.39 is 17.7 Å². The van der Waals surface area contributed by atoms with Gasteiger partial charge in [0.2, 0.25) is 0 Å². The Bertz CT molecular complexity index is 1020. The molecule has 4 rings (SSSR count). The van der Waals surface area contributed by atoms with Gasteiger partial charge < -0.3 is 11.5 Å². The van der Waals surface area contributed by atoms with Crippen molar-refractivity contribution in [1.29, 1.82) is 0 Å². The third kappa shape index (κ3) is 1.77. The van der Waals surface area contributed by atoms with E-state index in [0.717, 1.165) is 16.4 Å². The first-order valence-corrected chi connectivity index (χ1v) is 7.73. The maximum atomic E-state index is 12.6. The number of nitrogen functional groups attached to an aromatic ring is 1. The van der Waals surface area contributed by atoms with E-state index in [2.05, 4.69) is 4.37 Å². The highest BCUT2D eigenvalue weighted by Gasteiger charge is 2.38. The summed E-state index contributed by atoms with van der Waals surface area (Å²) in [6, 6.07) is 9.71. The van der Waals surface area contributed by atoms with E-state index in [4.69, 9.17) is 11.5 Å². The fraction of sp³-hybridized carbons (Fsp3) is 0. The molecular formula is C16H10N4O3S. The number of carbonyl (C=O) groups is 3. The number of anilines is 2. The number of hydrogen-bond donors (Lipinski definition) is 2. The number of hydrogen-bond acceptors (Lipinski definition) is 6. The maximum Gasteiger partial charge on any atom is 0.267 e. The fourth-order valence-electron chi connectivity index (χ4n) is 2.80. The molecular weight excluding hydrogens is 328 g/mol. The SMILES string of the molecule is NC(=O)c1c(N)ccc2c(N3C(=O)c4ccccc4C3=O)nsc12. The summed E-state index contributed by atoms with van der Waals surface area (Å²) in [6.07, 6.45) is 0. The summed E-state index contributed by atoms with van der Waals surface area (Å²) < 4.78 is 4.66. The fourth-order valence-corrected chi connectivity index (χ4v) is 3.73. The van der Waals surface area contributed by atoms with Crippen LogP contribution in [0, 0.1) is 0 Å². The van der Waals surface area contributed by atoms with Gasteiger partial charge in [-0.05, 0) is 35.8 Å². The molecule has 2 aromatic carbocycles. The lowest BCUT2D eigenvalue weighted by Gasteiger charge is -2.11. The molecule has 2 heterocycles. The smallest absolute Gasteiger partial charge is 0.267 e. The average molecular weight is 338 g/mol. The van der Waals surface area contributed by atoms with E-state index in [0.29, 0.717) is 21.2 Å². The van der Waals surface area contributed by atoms with Crippen LogP contribution in [0.3, 0.4) is 0 Å². The third-order valence-electron chi connectivity index (χ3n) is 3.91. The van der Waals surface area contributed by atoms with Crippen LogP contribution in [0.5, 0.6) is 0 Å². The summed E-state index contributed by atoms with van der Waals surface area (Å²) in [7, 11) is 0. The highest BCUT2D eigenvalue weighted by atomic mass is 32.1. The Kier molecular flexibility index (Phi) is 2.91. The highest BCUT2D eigenvalue weighted by Crippen LogP contribution is 2.37. The molecule has 0 saturated heterocycles. The van der Waals surface area contributed by atoms with Crippen LogP contribution in [0.15, 0.2) is 36.4 Å². The molecule has 7 nitrogen and oxygen atoms in total. The van der Waals surface area contributed by atoms with Gasteiger partial charge in [-0.2, -0.15) is 4.37 Å². The second-order valence-corrected chi connectivity index (χ2v) is 6.04. The summed E-state index contributed by atoms with van der Waals surface area (Å²) >= 11 is 0.976. The summed E-state index contributed by atoms with van der Waals surface area (Å²) in [5.41, 5.74) is 12.2. The number of primary amides is 1. The summed E-state index contributed by atoms with van der Waals surface area (Å²) in [5.74, 6) is -1.39. The van der Waals surface area contributed by atoms with Crippen LogP contribution in [0.2, 0.25) is 0 Å². The van der Waals surface area contributed by atoms with Crippen molar-refractivity contribution in [1.82, 2.24) is 4.37 Å². The molecule has 0 aliphatic carbocycles. The van der Waals surface area contributed by atoms with Crippen molar-refractivity contribution in [2.24, 2.45) is 5.73 Å². The molecule has 118 valence electrons. The van der Waals surface area contributed by atoms with Gasteiger partial charge in [0, 0.05) is 11.1 Å². The number of imide groups is 1. The quantitative estimate of drug-likeness (QED) is 0.545. The van der Waals surface area contributed by atoms with Crippen LogP contribution >= 0.6 is 11.5 Å². The Morgan fingerprint density at radius 3 is 2.25 bits per heavy atom. The van der Waals surface area contributed by atoms with E-state index in [1.165, 1.54) is 6.07 Å². The van der Waals surface area contributed by atoms with Crippen molar-refractivity contribution in [3.05, 3.63) is 53.1 Å². The van der Waals surface area contributed by atoms with Gasteiger partial charge in [-0.3, -0.25) is 14.4 Å². The number of aromatic nitrogens is 1. The average Bonchev–Trinajstić information content (AvgIpc) is 3.07. The number of benzene rings is 2. The van der Waals surface area contributed by atoms with E-state index in [9.17, 15) is 14.4 Å². The Balaban J connectivity index is 1.94. The molecule has 1 aromatic heterocycles. The van der Waals surface area contributed by atoms with Crippen molar-refractivity contribution in [2.45, 2.75) is 0 Å². The number of nitrogens with zero attached hydrogens (tertiary/aromatic N) is 2. The molecule has 3 aromatic rings. The molecule has 0 bridgehead atoms. The number of carbonyl (C=O) groups excluding carboxylic acids is 3. The van der Waals surface area contributed by atoms with Gasteiger partial charge in [0.05, 0.1) is 21.4 Å². The summed E-state index contributed by atoms with van der Waals surface area (Å²) in [4.78, 5) is 37.8. The van der Waals surface area contributed by atoms with E-state index in [-0.39, 0.29) is 17.1 Å². The molecule has 0 atom stereocenters. The van der Waals surface area contributed by atoms with E-state index in [1.54, 1.807) is 30.3 Å². The molecule has 24 heavy (non-hydrogen) atoms. The predicted octanol–water partition coefficient (Wildman–Crippen LogP) is 1.78. The molecule has 0 unspecified atom stereocenters. The first kappa shape index (κ1) is 14.3. The van der Waals surface area contributed by atoms with Crippen LogP contribution in [0.1, 0.15) is 31.1 Å². The lowest BCUT2D eigenvalue weighted by atomic mass is 10.1. The Hall–Kier alpha value is -3.26. The zero-order valence-electron chi connectivity index (χ0n) is 12.1. The maximum absolute atomic E-state index is 12.6. The molecule has 1 aliphatic rings. The molecule has 1 aliphatic heterocycles. The summed E-state index contributed by atoms with van der Waals surface area (Å²) in [5, 5.41) is 0.484. The van der Waals surface area contributed by atoms with Crippen molar-refractivity contribution in [2.75, 3.05) is 10.6 Å². The minimum absolute atomic E-state index is 0.146. The predicted molar refractivity (Wildman–Crippen MR) is 90.1 cm³/mol. The van der Waals surface area contributed by atoms with Crippen molar-refractivity contribution in [3.63, 3.8) is 0 Å². The molecule has 0 radical (unpaired) electrons. The molecule has 0 spiro atoms. The van der Waals surface area contributed by atoms with Gasteiger partial charge >= 0.3 is 0 Å². The molecule has 8 heteroatoms. The largest absolute Gasteiger partial charge is 0.398 e. The number of nitrogens with two attached hydrogens (primary N) is 2. The molecule has 4 N–H and O–H groups in total. The molecule has 0 saturated carbocycles. The highest BCUT2D eigenvalue weighted by molar-refractivity contribution is 7.14. The second-order valence-electron chi connectivity index (χ2n) is 5.27. The van der Waals surface area contributed by atoms with Gasteiger partial charge in [0.15, 0.2) is 5.82 Å². The lowest BCUT2D eigenvalue weighted by Crippen LogP contribution is -2.29. The van der Waals surface area contributed by atoms with Crippen LogP contribution in [-0.2, 0) is 0 Å². The third-order valence-corrected chi connectivity index (χ3v) is 4.78. The first-order chi connectivity index (χ1) is 11.5. The zero-order chi connectivity index (χ0) is 17.0. The van der Waals surface area contributed by atoms with Crippen molar-refractivity contribution < 1.29 is 14.4 Å². The molecule has 3 amide bonds. The topological polar surface area (TPSA) is 119 Å². The lowest BCUT2D eigenvalue weighted by molar-refractivity contribution is 0.0924. The van der Waals surface area contributed by atoms with Gasteiger partial charge in [0.1, 0.15) is 0 Å². The van der Waals surface area contributed by atoms with Crippen LogP contribution < -0.4 is 16.4 Å². The number of rotatable bonds is 2. The summed E-state index contributed by atoms with van der Waals surface area (Å²) in [6.45, 7) is 0. The van der Waals surface area contributed by atoms with Gasteiger partial charge in [-0.25, -0.2) is 4.90 Å². The zero-order valence-corrected chi connectivity index (χ0v) is 13.0. The standard InChI is InChI=1S/C16H10N4O3S/c17-10-6-5-9-12(11(10)13(18)21)24-19-14(9)20-15(22)7-3-1-2-4-8(7)16(20)23/h1-6H,17H2,(H2,18,21). The van der Waals surface area contributed by atoms with Crippen LogP contribution in [0.25, 0.3) is 10.1 Å². The van der Waals surface area contributed by atoms with Gasteiger partial charge in [0.25, 0.3) is 17.7 Å². The van der Waals surface area contributed by atoms with Gasteiger partial charge in [-0.15, -0.1) is 0 Å². The first-order valence-electron chi connectivity index (χ1n) is 6.96. The Morgan fingerprint density at radius 2 is 1.67 bits per heavy atom. The second kappa shape index (κ2) is 4.87. The van der Waals surface area contributed by atoms with E-state index in [1.807, 2.05) is 0 Å². The monoisotopic (exact) mass is 338 g/mol. The van der Waals surface area contributed by atoms with E-state index >= 15 is 0 Å². The minimum Gasteiger partial charge on any atom is -0.398 e. The van der Waals surface area contributed by atoms with Crippen molar-refractivity contribution >= 4 is 50.8 Å². The van der Waals surface area contributed by atoms with Gasteiger partial charge in [-0.1, -0.05) is 12.1 Å². The normalized spacial score (nSPS) is 13.6. The molecule has 0 fully saturated rings. The number of fused-ring (bicyclic) bond motifs is 2. The van der Waals surface area contributed by atoms with Crippen molar-refractivity contribution in [3.8, 4) is 0 Å². The minimum atomic E-state index is -0.685. The Labute approximate surface area is 139 Å². The Morgan fingerprint density at radius 1 is 1.04 bits per heavy atom. The number of amides is 3. The van der Waals surface area contributed by atoms with Crippen LogP contribution in [-0.4, -0.2) is 22.1 Å².